The van der Waals surface area contributed by atoms with Crippen molar-refractivity contribution in [2.24, 2.45) is 0 Å². The van der Waals surface area contributed by atoms with Gasteiger partial charge >= 0.3 is 5.97 Å². The minimum absolute atomic E-state index is 0.0353. The van der Waals surface area contributed by atoms with E-state index in [0.29, 0.717) is 27.7 Å². The molecule has 0 amide bonds. The third-order valence-electron chi connectivity index (χ3n) is 4.06. The lowest BCUT2D eigenvalue weighted by atomic mass is 9.85. The summed E-state index contributed by atoms with van der Waals surface area (Å²) in [6.07, 6.45) is 0.200. The van der Waals surface area contributed by atoms with Gasteiger partial charge in [0.1, 0.15) is 6.61 Å². The van der Waals surface area contributed by atoms with Crippen LogP contribution in [-0.2, 0) is 21.7 Å². The molecule has 1 unspecified atom stereocenters. The molecule has 0 fully saturated rings. The first-order chi connectivity index (χ1) is 11.0. The van der Waals surface area contributed by atoms with E-state index in [1.54, 1.807) is 25.1 Å². The lowest BCUT2D eigenvalue weighted by Gasteiger charge is -2.32. The van der Waals surface area contributed by atoms with Gasteiger partial charge in [0.25, 0.3) is 0 Å². The highest BCUT2D eigenvalue weighted by atomic mass is 35.5. The molecule has 1 aliphatic rings. The van der Waals surface area contributed by atoms with Crippen LogP contribution in [0.3, 0.4) is 0 Å². The van der Waals surface area contributed by atoms with Gasteiger partial charge in [0, 0.05) is 16.1 Å². The number of aliphatic hydroxyl groups is 1. The normalized spacial score (nSPS) is 19.9. The Morgan fingerprint density at radius 3 is 2.70 bits per heavy atom. The number of rotatable bonds is 3. The molecule has 2 heterocycles. The van der Waals surface area contributed by atoms with Crippen molar-refractivity contribution in [1.29, 1.82) is 0 Å². The van der Waals surface area contributed by atoms with Gasteiger partial charge in [-0.15, -0.1) is 0 Å². The van der Waals surface area contributed by atoms with Gasteiger partial charge in [-0.1, -0.05) is 30.7 Å². The van der Waals surface area contributed by atoms with Crippen molar-refractivity contribution in [1.82, 2.24) is 4.98 Å². The maximum Gasteiger partial charge on any atom is 0.343 e. The maximum absolute atomic E-state index is 12.1. The molecule has 0 aliphatic carbocycles. The molecule has 3 rings (SSSR count). The van der Waals surface area contributed by atoms with Crippen molar-refractivity contribution in [3.05, 3.63) is 46.5 Å². The molecule has 6 heteroatoms. The Morgan fingerprint density at radius 1 is 1.39 bits per heavy atom. The Balaban J connectivity index is 2.22. The van der Waals surface area contributed by atoms with E-state index in [9.17, 15) is 9.90 Å². The molecule has 1 aromatic heterocycles. The number of pyridine rings is 1. The number of benzene rings is 1. The molecule has 0 radical (unpaired) electrons. The van der Waals surface area contributed by atoms with Gasteiger partial charge in [-0.3, -0.25) is 0 Å². The first-order valence-electron chi connectivity index (χ1n) is 7.23. The van der Waals surface area contributed by atoms with Crippen molar-refractivity contribution in [2.45, 2.75) is 25.6 Å². The third kappa shape index (κ3) is 2.56. The van der Waals surface area contributed by atoms with E-state index in [1.165, 1.54) is 7.11 Å². The van der Waals surface area contributed by atoms with E-state index in [-0.39, 0.29) is 13.0 Å². The van der Waals surface area contributed by atoms with Crippen LogP contribution >= 0.6 is 11.6 Å². The molecule has 0 bridgehead atoms. The summed E-state index contributed by atoms with van der Waals surface area (Å²) in [7, 11) is 1.50. The summed E-state index contributed by atoms with van der Waals surface area (Å²) in [5.41, 5.74) is 0.791. The second-order valence-corrected chi connectivity index (χ2v) is 5.78. The Morgan fingerprint density at radius 2 is 2.09 bits per heavy atom. The van der Waals surface area contributed by atoms with Gasteiger partial charge in [-0.25, -0.2) is 9.78 Å². The van der Waals surface area contributed by atoms with Crippen molar-refractivity contribution >= 4 is 17.6 Å². The lowest BCUT2D eigenvalue weighted by Crippen LogP contribution is -2.41. The van der Waals surface area contributed by atoms with E-state index in [2.05, 4.69) is 4.98 Å². The zero-order valence-corrected chi connectivity index (χ0v) is 13.6. The fourth-order valence-corrected chi connectivity index (χ4v) is 2.82. The number of esters is 1. The number of ether oxygens (including phenoxy) is 2. The molecular formula is C17H16ClNO4. The van der Waals surface area contributed by atoms with Gasteiger partial charge in [-0.05, 0) is 24.6 Å². The van der Waals surface area contributed by atoms with Crippen LogP contribution in [0.4, 0.5) is 0 Å². The van der Waals surface area contributed by atoms with Gasteiger partial charge < -0.3 is 14.6 Å². The third-order valence-corrected chi connectivity index (χ3v) is 4.31. The predicted molar refractivity (Wildman–Crippen MR) is 85.2 cm³/mol. The van der Waals surface area contributed by atoms with E-state index in [1.807, 2.05) is 12.1 Å². The molecule has 1 aromatic carbocycles. The highest BCUT2D eigenvalue weighted by Crippen LogP contribution is 2.39. The molecule has 1 aliphatic heterocycles. The molecule has 0 saturated heterocycles. The van der Waals surface area contributed by atoms with Crippen molar-refractivity contribution in [2.75, 3.05) is 7.11 Å². The summed E-state index contributed by atoms with van der Waals surface area (Å²) in [4.78, 5) is 16.5. The van der Waals surface area contributed by atoms with Crippen molar-refractivity contribution in [3.63, 3.8) is 0 Å². The summed E-state index contributed by atoms with van der Waals surface area (Å²) in [6.45, 7) is 1.76. The molecule has 120 valence electrons. The highest BCUT2D eigenvalue weighted by Gasteiger charge is 2.44. The average molecular weight is 334 g/mol. The number of aromatic nitrogens is 1. The number of nitrogens with zero attached hydrogens (tertiary/aromatic N) is 1. The van der Waals surface area contributed by atoms with Crippen LogP contribution in [-0.4, -0.2) is 23.2 Å². The van der Waals surface area contributed by atoms with Crippen LogP contribution in [0.25, 0.3) is 11.3 Å². The number of cyclic esters (lactones) is 1. The number of halogens is 1. The Labute approximate surface area is 138 Å². The molecule has 23 heavy (non-hydrogen) atoms. The second kappa shape index (κ2) is 5.83. The van der Waals surface area contributed by atoms with Gasteiger partial charge in [-0.2, -0.15) is 0 Å². The second-order valence-electron chi connectivity index (χ2n) is 5.34. The van der Waals surface area contributed by atoms with Gasteiger partial charge in [0.15, 0.2) is 5.60 Å². The van der Waals surface area contributed by atoms with Gasteiger partial charge in [0.05, 0.1) is 18.4 Å². The van der Waals surface area contributed by atoms with E-state index in [4.69, 9.17) is 21.1 Å². The molecule has 1 N–H and O–H groups in total. The summed E-state index contributed by atoms with van der Waals surface area (Å²) in [5.74, 6) is -0.311. The van der Waals surface area contributed by atoms with Crippen LogP contribution in [0, 0.1) is 0 Å². The minimum Gasteiger partial charge on any atom is -0.481 e. The Bertz CT molecular complexity index is 760. The first-order valence-corrected chi connectivity index (χ1v) is 7.61. The quantitative estimate of drug-likeness (QED) is 0.874. The standard InChI is InChI=1S/C17H16ClNO4/c1-3-17(21)13-8-14(10-4-6-11(18)7-5-10)19-15(22-2)12(13)9-23-16(17)20/h4-8,21H,3,9H2,1-2H3. The van der Waals surface area contributed by atoms with Crippen LogP contribution in [0.1, 0.15) is 24.5 Å². The number of carbonyl (C=O) groups is 1. The lowest BCUT2D eigenvalue weighted by molar-refractivity contribution is -0.172. The maximum atomic E-state index is 12.1. The average Bonchev–Trinajstić information content (AvgIpc) is 2.58. The smallest absolute Gasteiger partial charge is 0.343 e. The summed E-state index contributed by atoms with van der Waals surface area (Å²) < 4.78 is 10.4. The molecule has 2 aromatic rings. The summed E-state index contributed by atoms with van der Waals surface area (Å²) in [6, 6.07) is 8.87. The molecule has 0 saturated carbocycles. The first kappa shape index (κ1) is 15.8. The zero-order valence-electron chi connectivity index (χ0n) is 12.8. The Hall–Kier alpha value is -2.11. The summed E-state index contributed by atoms with van der Waals surface area (Å²) >= 11 is 5.91. The zero-order chi connectivity index (χ0) is 16.6. The van der Waals surface area contributed by atoms with Crippen molar-refractivity contribution in [3.8, 4) is 17.1 Å². The van der Waals surface area contributed by atoms with Crippen LogP contribution < -0.4 is 4.74 Å². The molecule has 1 atom stereocenters. The highest BCUT2D eigenvalue weighted by molar-refractivity contribution is 6.30. The predicted octanol–water partition coefficient (Wildman–Crippen LogP) is 3.07. The SMILES string of the molecule is CCC1(O)C(=O)OCc2c1cc(-c1ccc(Cl)cc1)nc2OC. The van der Waals surface area contributed by atoms with Crippen LogP contribution in [0.15, 0.2) is 30.3 Å². The molecule has 5 nitrogen and oxygen atoms in total. The number of carbonyl (C=O) groups excluding carboxylic acids is 1. The minimum atomic E-state index is -1.69. The summed E-state index contributed by atoms with van der Waals surface area (Å²) in [5, 5.41) is 11.4. The monoisotopic (exact) mass is 333 g/mol. The largest absolute Gasteiger partial charge is 0.481 e. The van der Waals surface area contributed by atoms with E-state index < -0.39 is 11.6 Å². The number of methoxy groups -OCH3 is 1. The number of hydrogen-bond acceptors (Lipinski definition) is 5. The topological polar surface area (TPSA) is 68.7 Å². The number of hydrogen-bond donors (Lipinski definition) is 1. The molecular weight excluding hydrogens is 318 g/mol. The molecule has 0 spiro atoms. The van der Waals surface area contributed by atoms with Crippen molar-refractivity contribution < 1.29 is 19.4 Å². The van der Waals surface area contributed by atoms with E-state index >= 15 is 0 Å². The van der Waals surface area contributed by atoms with E-state index in [0.717, 1.165) is 5.56 Å². The fourth-order valence-electron chi connectivity index (χ4n) is 2.70. The van der Waals surface area contributed by atoms with Crippen LogP contribution in [0.5, 0.6) is 5.88 Å². The van der Waals surface area contributed by atoms with Gasteiger partial charge in [0.2, 0.25) is 5.88 Å². The van der Waals surface area contributed by atoms with Crippen LogP contribution in [0.2, 0.25) is 5.02 Å². The number of fused-ring (bicyclic) bond motifs is 1. The Kier molecular flexibility index (Phi) is 4.00. The fraction of sp³-hybridized carbons (Fsp3) is 0.294.